The maximum absolute atomic E-state index is 4.64. The van der Waals surface area contributed by atoms with Crippen LogP contribution in [0.25, 0.3) is 0 Å². The highest BCUT2D eigenvalue weighted by Gasteiger charge is 2.20. The summed E-state index contributed by atoms with van der Waals surface area (Å²) < 4.78 is 1.20. The Bertz CT molecular complexity index is 246. The van der Waals surface area contributed by atoms with Crippen LogP contribution in [0, 0.1) is 0 Å². The van der Waals surface area contributed by atoms with Crippen LogP contribution >= 0.6 is 11.6 Å². The number of halogens is 1. The van der Waals surface area contributed by atoms with Gasteiger partial charge in [-0.25, -0.2) is 0 Å². The van der Waals surface area contributed by atoms with Gasteiger partial charge in [-0.2, -0.15) is 0 Å². The Morgan fingerprint density at radius 1 is 0.875 bits per heavy atom. The minimum absolute atomic E-state index is 1.17. The number of hydrogen-bond acceptors (Lipinski definition) is 0. The summed E-state index contributed by atoms with van der Waals surface area (Å²) in [7, 11) is 0. The van der Waals surface area contributed by atoms with Crippen molar-refractivity contribution in [3.63, 3.8) is 0 Å². The Balaban J connectivity index is 0.00000106. The molecular formula is C14H25ClN+. The van der Waals surface area contributed by atoms with Crippen molar-refractivity contribution in [1.29, 1.82) is 0 Å². The molecule has 0 aromatic heterocycles. The van der Waals surface area contributed by atoms with E-state index in [1.165, 1.54) is 42.6 Å². The van der Waals surface area contributed by atoms with Gasteiger partial charge in [-0.3, -0.25) is 0 Å². The van der Waals surface area contributed by atoms with Gasteiger partial charge >= 0.3 is 0 Å². The molecule has 0 unspecified atom stereocenters. The predicted molar refractivity (Wildman–Crippen MR) is 73.8 cm³/mol. The van der Waals surface area contributed by atoms with Crippen LogP contribution in [0.5, 0.6) is 0 Å². The average Bonchev–Trinajstić information content (AvgIpc) is 2.40. The monoisotopic (exact) mass is 242 g/mol. The van der Waals surface area contributed by atoms with Gasteiger partial charge in [0.05, 0.1) is 19.6 Å². The third kappa shape index (κ3) is 4.54. The third-order valence-electron chi connectivity index (χ3n) is 3.37. The molecule has 0 bridgehead atoms. The van der Waals surface area contributed by atoms with Gasteiger partial charge in [-0.05, 0) is 20.8 Å². The minimum atomic E-state index is 1.17. The van der Waals surface area contributed by atoms with Crippen LogP contribution in [0.2, 0.25) is 0 Å². The molecule has 1 aromatic rings. The molecule has 92 valence electrons. The fraction of sp³-hybridized carbons (Fsp3) is 0.571. The molecule has 0 fully saturated rings. The Morgan fingerprint density at radius 2 is 1.31 bits per heavy atom. The molecule has 0 aliphatic heterocycles. The summed E-state index contributed by atoms with van der Waals surface area (Å²) in [6.45, 7) is 11.7. The molecule has 0 saturated carbocycles. The van der Waals surface area contributed by atoms with E-state index in [2.05, 4.69) is 62.7 Å². The quantitative estimate of drug-likeness (QED) is 0.542. The number of rotatable bonds is 5. The Morgan fingerprint density at radius 3 is 1.69 bits per heavy atom. The first-order valence-electron chi connectivity index (χ1n) is 6.03. The molecule has 0 radical (unpaired) electrons. The van der Waals surface area contributed by atoms with E-state index in [1.807, 2.05) is 0 Å². The fourth-order valence-electron chi connectivity index (χ4n) is 1.98. The van der Waals surface area contributed by atoms with Crippen molar-refractivity contribution in [2.75, 3.05) is 26.0 Å². The molecule has 0 atom stereocenters. The second kappa shape index (κ2) is 8.60. The van der Waals surface area contributed by atoms with Gasteiger partial charge in [0.1, 0.15) is 6.54 Å². The van der Waals surface area contributed by atoms with Gasteiger partial charge in [0.2, 0.25) is 0 Å². The first-order valence-corrected chi connectivity index (χ1v) is 6.78. The number of quaternary nitrogens is 1. The van der Waals surface area contributed by atoms with Crippen LogP contribution in [-0.4, -0.2) is 30.5 Å². The van der Waals surface area contributed by atoms with Crippen LogP contribution in [0.15, 0.2) is 30.3 Å². The lowest BCUT2D eigenvalue weighted by atomic mass is 10.2. The molecule has 0 amide bonds. The summed E-state index contributed by atoms with van der Waals surface area (Å²) in [5.74, 6) is 0. The van der Waals surface area contributed by atoms with Gasteiger partial charge < -0.3 is 4.48 Å². The summed E-state index contributed by atoms with van der Waals surface area (Å²) >= 11 is 4.64. The van der Waals surface area contributed by atoms with Crippen LogP contribution in [0.1, 0.15) is 26.3 Å². The summed E-state index contributed by atoms with van der Waals surface area (Å²) in [5, 5.41) is 0. The van der Waals surface area contributed by atoms with E-state index in [4.69, 9.17) is 0 Å². The second-order valence-corrected chi connectivity index (χ2v) is 3.93. The number of alkyl halides is 1. The Kier molecular flexibility index (Phi) is 8.32. The van der Waals surface area contributed by atoms with E-state index in [0.29, 0.717) is 0 Å². The lowest BCUT2D eigenvalue weighted by molar-refractivity contribution is -0.936. The first kappa shape index (κ1) is 15.5. The molecule has 1 nitrogen and oxygen atoms in total. The first-order chi connectivity index (χ1) is 7.76. The maximum Gasteiger partial charge on any atom is 0.104 e. The van der Waals surface area contributed by atoms with Gasteiger partial charge in [0.15, 0.2) is 0 Å². The molecule has 0 aliphatic rings. The van der Waals surface area contributed by atoms with Crippen molar-refractivity contribution in [3.05, 3.63) is 35.9 Å². The smallest absolute Gasteiger partial charge is 0.104 e. The Labute approximate surface area is 106 Å². The van der Waals surface area contributed by atoms with Crippen LogP contribution in [0.4, 0.5) is 0 Å². The third-order valence-corrected chi connectivity index (χ3v) is 3.37. The van der Waals surface area contributed by atoms with Crippen LogP contribution in [0.3, 0.4) is 0 Å². The molecule has 1 aromatic carbocycles. The van der Waals surface area contributed by atoms with Crippen LogP contribution < -0.4 is 0 Å². The van der Waals surface area contributed by atoms with Crippen molar-refractivity contribution in [3.8, 4) is 0 Å². The van der Waals surface area contributed by atoms with Crippen molar-refractivity contribution >= 4 is 11.6 Å². The number of benzene rings is 1. The van der Waals surface area contributed by atoms with Crippen LogP contribution in [-0.2, 0) is 6.54 Å². The van der Waals surface area contributed by atoms with E-state index in [9.17, 15) is 0 Å². The average molecular weight is 243 g/mol. The lowest BCUT2D eigenvalue weighted by Crippen LogP contribution is -2.46. The van der Waals surface area contributed by atoms with Crippen molar-refractivity contribution in [1.82, 2.24) is 0 Å². The number of nitrogens with zero attached hydrogens (tertiary/aromatic N) is 1. The number of hydrogen-bond donors (Lipinski definition) is 0. The largest absolute Gasteiger partial charge is 0.321 e. The molecule has 0 heterocycles. The lowest BCUT2D eigenvalue weighted by Gasteiger charge is -2.35. The maximum atomic E-state index is 4.64. The highest BCUT2D eigenvalue weighted by molar-refractivity contribution is 6.15. The molecule has 2 heteroatoms. The minimum Gasteiger partial charge on any atom is -0.321 e. The van der Waals surface area contributed by atoms with E-state index in [0.717, 1.165) is 0 Å². The van der Waals surface area contributed by atoms with E-state index in [1.54, 1.807) is 0 Å². The molecule has 0 N–H and O–H groups in total. The normalized spacial score (nSPS) is 10.6. The van der Waals surface area contributed by atoms with Crippen molar-refractivity contribution in [2.24, 2.45) is 0 Å². The summed E-state index contributed by atoms with van der Waals surface area (Å²) in [4.78, 5) is 0. The van der Waals surface area contributed by atoms with E-state index < -0.39 is 0 Å². The SMILES string of the molecule is CC[N+](CC)(CC)Cc1ccccc1.CCl. The van der Waals surface area contributed by atoms with Crippen molar-refractivity contribution in [2.45, 2.75) is 27.3 Å². The topological polar surface area (TPSA) is 0 Å². The van der Waals surface area contributed by atoms with Gasteiger partial charge in [0.25, 0.3) is 0 Å². The summed E-state index contributed by atoms with van der Waals surface area (Å²) in [6, 6.07) is 10.8. The van der Waals surface area contributed by atoms with Gasteiger partial charge in [-0.15, -0.1) is 11.6 Å². The Hall–Kier alpha value is -0.530. The molecular weight excluding hydrogens is 218 g/mol. The van der Waals surface area contributed by atoms with E-state index >= 15 is 0 Å². The zero-order valence-corrected chi connectivity index (χ0v) is 11.8. The molecule has 0 saturated heterocycles. The molecule has 16 heavy (non-hydrogen) atoms. The summed E-state index contributed by atoms with van der Waals surface area (Å²) in [6.07, 6.45) is 1.47. The van der Waals surface area contributed by atoms with E-state index in [-0.39, 0.29) is 0 Å². The van der Waals surface area contributed by atoms with Gasteiger partial charge in [-0.1, -0.05) is 30.3 Å². The van der Waals surface area contributed by atoms with Gasteiger partial charge in [0, 0.05) is 11.9 Å². The standard InChI is InChI=1S/C13H22N.CH3Cl/c1-4-14(5-2,6-3)12-13-10-8-7-9-11-13;1-2/h7-11H,4-6,12H2,1-3H3;1H3/q+1;. The fourth-order valence-corrected chi connectivity index (χ4v) is 1.98. The highest BCUT2D eigenvalue weighted by Crippen LogP contribution is 2.13. The second-order valence-electron chi connectivity index (χ2n) is 3.93. The zero-order chi connectivity index (χ0) is 12.4. The zero-order valence-electron chi connectivity index (χ0n) is 11.0. The summed E-state index contributed by atoms with van der Waals surface area (Å²) in [5.41, 5.74) is 1.46. The molecule has 1 rings (SSSR count). The molecule has 0 spiro atoms. The van der Waals surface area contributed by atoms with Crippen molar-refractivity contribution < 1.29 is 4.48 Å². The molecule has 0 aliphatic carbocycles. The highest BCUT2D eigenvalue weighted by atomic mass is 35.5. The predicted octanol–water partition coefficient (Wildman–Crippen LogP) is 3.92.